The van der Waals surface area contributed by atoms with Gasteiger partial charge in [-0.3, -0.25) is 4.90 Å². The molecule has 1 rings (SSSR count). The van der Waals surface area contributed by atoms with Gasteiger partial charge in [-0.1, -0.05) is 13.8 Å². The minimum absolute atomic E-state index is 0.672. The molecule has 0 spiro atoms. The number of methoxy groups -OCH3 is 1. The Labute approximate surface area is 101 Å². The smallest absolute Gasteiger partial charge is 0.0589 e. The zero-order valence-corrected chi connectivity index (χ0v) is 11.3. The van der Waals surface area contributed by atoms with Crippen molar-refractivity contribution in [1.82, 2.24) is 10.2 Å². The Morgan fingerprint density at radius 3 is 2.50 bits per heavy atom. The lowest BCUT2D eigenvalue weighted by Crippen LogP contribution is -2.49. The fourth-order valence-electron chi connectivity index (χ4n) is 2.19. The van der Waals surface area contributed by atoms with Crippen LogP contribution in [0, 0.1) is 11.8 Å². The van der Waals surface area contributed by atoms with Gasteiger partial charge in [0.05, 0.1) is 6.61 Å². The van der Waals surface area contributed by atoms with E-state index in [9.17, 15) is 0 Å². The van der Waals surface area contributed by atoms with E-state index in [1.54, 1.807) is 7.11 Å². The molecule has 2 unspecified atom stereocenters. The molecule has 0 aromatic heterocycles. The van der Waals surface area contributed by atoms with E-state index in [1.165, 1.54) is 26.1 Å². The highest BCUT2D eigenvalue weighted by molar-refractivity contribution is 4.82. The van der Waals surface area contributed by atoms with E-state index < -0.39 is 0 Å². The summed E-state index contributed by atoms with van der Waals surface area (Å²) in [7, 11) is 1.79. The van der Waals surface area contributed by atoms with E-state index in [0.29, 0.717) is 6.04 Å². The van der Waals surface area contributed by atoms with Crippen LogP contribution in [0.25, 0.3) is 0 Å². The summed E-state index contributed by atoms with van der Waals surface area (Å²) in [6.07, 6.45) is 1.22. The summed E-state index contributed by atoms with van der Waals surface area (Å²) >= 11 is 0. The molecular weight excluding hydrogens is 200 g/mol. The molecule has 2 atom stereocenters. The Kier molecular flexibility index (Phi) is 6.32. The van der Waals surface area contributed by atoms with Gasteiger partial charge in [0.25, 0.3) is 0 Å². The highest BCUT2D eigenvalue weighted by Crippen LogP contribution is 2.18. The predicted octanol–water partition coefficient (Wildman–Crippen LogP) is 1.59. The molecule has 1 heterocycles. The molecule has 1 N–H and O–H groups in total. The van der Waals surface area contributed by atoms with Gasteiger partial charge in [-0.15, -0.1) is 0 Å². The van der Waals surface area contributed by atoms with Gasteiger partial charge in [0.2, 0.25) is 0 Å². The summed E-state index contributed by atoms with van der Waals surface area (Å²) in [5, 5.41) is 3.36. The Hall–Kier alpha value is -0.120. The topological polar surface area (TPSA) is 24.5 Å². The van der Waals surface area contributed by atoms with E-state index in [2.05, 4.69) is 31.0 Å². The van der Waals surface area contributed by atoms with Gasteiger partial charge in [0, 0.05) is 26.2 Å². The number of ether oxygens (including phenoxy) is 1. The Bertz CT molecular complexity index is 183. The van der Waals surface area contributed by atoms with E-state index in [4.69, 9.17) is 4.74 Å². The summed E-state index contributed by atoms with van der Waals surface area (Å²) in [5.74, 6) is 1.68. The maximum Gasteiger partial charge on any atom is 0.0589 e. The molecule has 1 saturated heterocycles. The highest BCUT2D eigenvalue weighted by Gasteiger charge is 2.26. The maximum absolute atomic E-state index is 5.20. The first-order valence-corrected chi connectivity index (χ1v) is 6.62. The lowest BCUT2D eigenvalue weighted by Gasteiger charge is -2.37. The molecule has 3 nitrogen and oxygen atoms in total. The van der Waals surface area contributed by atoms with Crippen LogP contribution in [0.15, 0.2) is 0 Å². The van der Waals surface area contributed by atoms with E-state index in [1.807, 2.05) is 0 Å². The van der Waals surface area contributed by atoms with Crippen LogP contribution in [-0.2, 0) is 4.74 Å². The van der Waals surface area contributed by atoms with Crippen LogP contribution < -0.4 is 5.32 Å². The standard InChI is InChI=1S/C13H28N2O/c1-5-12(3)15(6-7-16-4)10-11(2)13-8-14-9-13/h11-14H,5-10H2,1-4H3. The van der Waals surface area contributed by atoms with Crippen LogP contribution in [0.3, 0.4) is 0 Å². The summed E-state index contributed by atoms with van der Waals surface area (Å²) in [6, 6.07) is 0.672. The molecule has 16 heavy (non-hydrogen) atoms. The van der Waals surface area contributed by atoms with E-state index in [0.717, 1.165) is 25.0 Å². The zero-order chi connectivity index (χ0) is 12.0. The third kappa shape index (κ3) is 4.04. The maximum atomic E-state index is 5.20. The van der Waals surface area contributed by atoms with E-state index in [-0.39, 0.29) is 0 Å². The largest absolute Gasteiger partial charge is 0.383 e. The van der Waals surface area contributed by atoms with Gasteiger partial charge in [0.1, 0.15) is 0 Å². The Balaban J connectivity index is 2.34. The van der Waals surface area contributed by atoms with Crippen molar-refractivity contribution in [3.05, 3.63) is 0 Å². The predicted molar refractivity (Wildman–Crippen MR) is 68.7 cm³/mol. The number of nitrogens with zero attached hydrogens (tertiary/aromatic N) is 1. The second kappa shape index (κ2) is 7.25. The van der Waals surface area contributed by atoms with Crippen molar-refractivity contribution in [2.75, 3.05) is 39.9 Å². The van der Waals surface area contributed by atoms with Crippen molar-refractivity contribution in [2.24, 2.45) is 11.8 Å². The second-order valence-corrected chi connectivity index (χ2v) is 5.14. The molecule has 3 heteroatoms. The fraction of sp³-hybridized carbons (Fsp3) is 1.00. The minimum atomic E-state index is 0.672. The molecule has 1 fully saturated rings. The second-order valence-electron chi connectivity index (χ2n) is 5.14. The van der Waals surface area contributed by atoms with E-state index >= 15 is 0 Å². The number of hydrogen-bond donors (Lipinski definition) is 1. The third-order valence-electron chi connectivity index (χ3n) is 3.94. The highest BCUT2D eigenvalue weighted by atomic mass is 16.5. The van der Waals surface area contributed by atoms with Crippen molar-refractivity contribution in [2.45, 2.75) is 33.2 Å². The SMILES string of the molecule is CCC(C)N(CCOC)CC(C)C1CNC1. The Morgan fingerprint density at radius 2 is 2.06 bits per heavy atom. The Morgan fingerprint density at radius 1 is 1.38 bits per heavy atom. The van der Waals surface area contributed by atoms with Gasteiger partial charge < -0.3 is 10.1 Å². The molecule has 0 aromatic rings. The summed E-state index contributed by atoms with van der Waals surface area (Å²) in [4.78, 5) is 2.58. The average molecular weight is 228 g/mol. The lowest BCUT2D eigenvalue weighted by atomic mass is 9.88. The van der Waals surface area contributed by atoms with Crippen LogP contribution in [0.2, 0.25) is 0 Å². The number of hydrogen-bond acceptors (Lipinski definition) is 3. The third-order valence-corrected chi connectivity index (χ3v) is 3.94. The van der Waals surface area contributed by atoms with Crippen LogP contribution >= 0.6 is 0 Å². The summed E-state index contributed by atoms with van der Waals surface area (Å²) < 4.78 is 5.20. The van der Waals surface area contributed by atoms with Crippen molar-refractivity contribution in [3.8, 4) is 0 Å². The van der Waals surface area contributed by atoms with Crippen molar-refractivity contribution >= 4 is 0 Å². The molecule has 0 saturated carbocycles. The minimum Gasteiger partial charge on any atom is -0.383 e. The molecular formula is C13H28N2O. The van der Waals surface area contributed by atoms with Crippen LogP contribution in [0.1, 0.15) is 27.2 Å². The van der Waals surface area contributed by atoms with Gasteiger partial charge >= 0.3 is 0 Å². The van der Waals surface area contributed by atoms with Crippen molar-refractivity contribution < 1.29 is 4.74 Å². The van der Waals surface area contributed by atoms with Crippen LogP contribution in [-0.4, -0.2) is 50.8 Å². The van der Waals surface area contributed by atoms with Gasteiger partial charge in [0.15, 0.2) is 0 Å². The molecule has 0 aliphatic carbocycles. The molecule has 96 valence electrons. The quantitative estimate of drug-likeness (QED) is 0.683. The normalized spacial score (nSPS) is 20.8. The van der Waals surface area contributed by atoms with Crippen LogP contribution in [0.5, 0.6) is 0 Å². The number of rotatable bonds is 8. The average Bonchev–Trinajstić information content (AvgIpc) is 2.20. The zero-order valence-electron chi connectivity index (χ0n) is 11.3. The summed E-state index contributed by atoms with van der Waals surface area (Å²) in [5.41, 5.74) is 0. The first kappa shape index (κ1) is 13.9. The van der Waals surface area contributed by atoms with Gasteiger partial charge in [-0.05, 0) is 38.3 Å². The number of nitrogens with one attached hydrogen (secondary N) is 1. The fourth-order valence-corrected chi connectivity index (χ4v) is 2.19. The molecule has 0 aromatic carbocycles. The first-order chi connectivity index (χ1) is 7.69. The van der Waals surface area contributed by atoms with Crippen molar-refractivity contribution in [1.29, 1.82) is 0 Å². The molecule has 1 aliphatic rings. The van der Waals surface area contributed by atoms with Gasteiger partial charge in [-0.2, -0.15) is 0 Å². The molecule has 0 bridgehead atoms. The molecule has 1 aliphatic heterocycles. The lowest BCUT2D eigenvalue weighted by molar-refractivity contribution is 0.0927. The van der Waals surface area contributed by atoms with Crippen LogP contribution in [0.4, 0.5) is 0 Å². The summed E-state index contributed by atoms with van der Waals surface area (Å²) in [6.45, 7) is 12.5. The first-order valence-electron chi connectivity index (χ1n) is 6.62. The molecule has 0 amide bonds. The monoisotopic (exact) mass is 228 g/mol. The molecule has 0 radical (unpaired) electrons. The van der Waals surface area contributed by atoms with Gasteiger partial charge in [-0.25, -0.2) is 0 Å². The van der Waals surface area contributed by atoms with Crippen molar-refractivity contribution in [3.63, 3.8) is 0 Å².